The van der Waals surface area contributed by atoms with Gasteiger partial charge in [-0.3, -0.25) is 4.79 Å². The molecule has 0 saturated carbocycles. The minimum absolute atomic E-state index is 0.0112. The third-order valence-electron chi connectivity index (χ3n) is 2.77. The molecule has 0 bridgehead atoms. The Morgan fingerprint density at radius 3 is 2.44 bits per heavy atom. The lowest BCUT2D eigenvalue weighted by atomic mass is 9.87. The normalized spacial score (nSPS) is 16.4. The molecule has 0 heterocycles. The molecule has 1 aromatic carbocycles. The quantitative estimate of drug-likeness (QED) is 0.825. The maximum atomic E-state index is 11.3. The molecule has 16 heavy (non-hydrogen) atoms. The van der Waals surface area contributed by atoms with Gasteiger partial charge in [0.2, 0.25) is 0 Å². The van der Waals surface area contributed by atoms with Crippen LogP contribution in [-0.2, 0) is 9.59 Å². The van der Waals surface area contributed by atoms with Crippen LogP contribution in [0.15, 0.2) is 35.9 Å². The number of carbonyl (C=O) groups is 2. The van der Waals surface area contributed by atoms with Crippen molar-refractivity contribution in [1.29, 1.82) is 0 Å². The van der Waals surface area contributed by atoms with Crippen LogP contribution in [0.5, 0.6) is 0 Å². The van der Waals surface area contributed by atoms with Crippen molar-refractivity contribution in [3.05, 3.63) is 41.5 Å². The van der Waals surface area contributed by atoms with Crippen LogP contribution in [0.3, 0.4) is 0 Å². The first kappa shape index (κ1) is 10.6. The zero-order valence-electron chi connectivity index (χ0n) is 8.77. The van der Waals surface area contributed by atoms with E-state index in [0.717, 1.165) is 11.1 Å². The smallest absolute Gasteiger partial charge is 0.332 e. The third-order valence-corrected chi connectivity index (χ3v) is 2.77. The van der Waals surface area contributed by atoms with Crippen molar-refractivity contribution in [2.75, 3.05) is 0 Å². The molecule has 0 amide bonds. The van der Waals surface area contributed by atoms with Crippen molar-refractivity contribution in [3.63, 3.8) is 0 Å². The van der Waals surface area contributed by atoms with E-state index >= 15 is 0 Å². The molecule has 0 radical (unpaired) electrons. The van der Waals surface area contributed by atoms with Gasteiger partial charge in [0.15, 0.2) is 0 Å². The van der Waals surface area contributed by atoms with Gasteiger partial charge in [0, 0.05) is 18.4 Å². The van der Waals surface area contributed by atoms with Gasteiger partial charge >= 0.3 is 5.97 Å². The van der Waals surface area contributed by atoms with E-state index in [1.807, 2.05) is 30.3 Å². The Morgan fingerprint density at radius 2 is 1.81 bits per heavy atom. The lowest BCUT2D eigenvalue weighted by molar-refractivity contribution is -0.134. The molecular weight excluding hydrogens is 204 g/mol. The number of carbonyl (C=O) groups excluding carboxylic acids is 1. The average molecular weight is 216 g/mol. The highest BCUT2D eigenvalue weighted by Crippen LogP contribution is 2.30. The van der Waals surface area contributed by atoms with E-state index in [0.29, 0.717) is 12.8 Å². The topological polar surface area (TPSA) is 54.4 Å². The second-order valence-corrected chi connectivity index (χ2v) is 3.84. The van der Waals surface area contributed by atoms with Crippen LogP contribution in [0, 0.1) is 0 Å². The van der Waals surface area contributed by atoms with Crippen molar-refractivity contribution in [2.45, 2.75) is 19.3 Å². The van der Waals surface area contributed by atoms with Crippen molar-refractivity contribution < 1.29 is 14.7 Å². The fourth-order valence-electron chi connectivity index (χ4n) is 1.97. The van der Waals surface area contributed by atoms with E-state index in [1.54, 1.807) is 0 Å². The Bertz CT molecular complexity index is 457. The zero-order valence-corrected chi connectivity index (χ0v) is 8.77. The summed E-state index contributed by atoms with van der Waals surface area (Å²) in [6, 6.07) is 9.40. The number of carboxylic acid groups (broad SMARTS) is 1. The molecule has 0 saturated heterocycles. The molecule has 3 nitrogen and oxygen atoms in total. The van der Waals surface area contributed by atoms with E-state index in [2.05, 4.69) is 0 Å². The predicted molar refractivity (Wildman–Crippen MR) is 59.9 cm³/mol. The fraction of sp³-hybridized carbons (Fsp3) is 0.231. The highest BCUT2D eigenvalue weighted by molar-refractivity contribution is 6.04. The molecule has 0 aliphatic heterocycles. The van der Waals surface area contributed by atoms with Crippen molar-refractivity contribution in [2.24, 2.45) is 0 Å². The summed E-state index contributed by atoms with van der Waals surface area (Å²) in [6.07, 6.45) is 1.03. The van der Waals surface area contributed by atoms with Crippen LogP contribution in [-0.4, -0.2) is 16.9 Å². The van der Waals surface area contributed by atoms with Crippen LogP contribution in [0.25, 0.3) is 5.57 Å². The van der Waals surface area contributed by atoms with Crippen molar-refractivity contribution >= 4 is 17.3 Å². The average Bonchev–Trinajstić information content (AvgIpc) is 2.30. The SMILES string of the molecule is O=C1CCC(c2ccccc2)=C(C(=O)O)C1. The predicted octanol–water partition coefficient (Wildman–Crippen LogP) is 2.28. The van der Waals surface area contributed by atoms with E-state index in [4.69, 9.17) is 5.11 Å². The Kier molecular flexibility index (Phi) is 2.86. The lowest BCUT2D eigenvalue weighted by Gasteiger charge is -2.17. The lowest BCUT2D eigenvalue weighted by Crippen LogP contribution is -2.15. The summed E-state index contributed by atoms with van der Waals surface area (Å²) in [5.74, 6) is -0.969. The molecule has 1 N–H and O–H groups in total. The second-order valence-electron chi connectivity index (χ2n) is 3.84. The van der Waals surface area contributed by atoms with Gasteiger partial charge in [0.25, 0.3) is 0 Å². The maximum Gasteiger partial charge on any atom is 0.332 e. The van der Waals surface area contributed by atoms with Gasteiger partial charge < -0.3 is 5.11 Å². The van der Waals surface area contributed by atoms with Crippen LogP contribution < -0.4 is 0 Å². The Labute approximate surface area is 93.4 Å². The largest absolute Gasteiger partial charge is 0.478 e. The van der Waals surface area contributed by atoms with Crippen LogP contribution in [0.1, 0.15) is 24.8 Å². The molecule has 0 atom stereocenters. The molecule has 0 fully saturated rings. The van der Waals surface area contributed by atoms with Gasteiger partial charge in [-0.05, 0) is 17.6 Å². The molecule has 1 aliphatic rings. The molecular formula is C13H12O3. The summed E-state index contributed by atoms with van der Waals surface area (Å²) in [6.45, 7) is 0. The first-order chi connectivity index (χ1) is 7.68. The number of rotatable bonds is 2. The minimum Gasteiger partial charge on any atom is -0.478 e. The third kappa shape index (κ3) is 2.03. The van der Waals surface area contributed by atoms with Crippen LogP contribution >= 0.6 is 0 Å². The molecule has 0 spiro atoms. The summed E-state index contributed by atoms with van der Waals surface area (Å²) in [5.41, 5.74) is 1.96. The maximum absolute atomic E-state index is 11.3. The highest BCUT2D eigenvalue weighted by atomic mass is 16.4. The summed E-state index contributed by atoms with van der Waals surface area (Å²) in [5, 5.41) is 9.08. The summed E-state index contributed by atoms with van der Waals surface area (Å²) < 4.78 is 0. The van der Waals surface area contributed by atoms with Crippen molar-refractivity contribution in [3.8, 4) is 0 Å². The number of ketones is 1. The van der Waals surface area contributed by atoms with Gasteiger partial charge in [-0.1, -0.05) is 30.3 Å². The fourth-order valence-corrected chi connectivity index (χ4v) is 1.97. The first-order valence-electron chi connectivity index (χ1n) is 5.21. The Morgan fingerprint density at radius 1 is 1.12 bits per heavy atom. The van der Waals surface area contributed by atoms with Crippen molar-refractivity contribution in [1.82, 2.24) is 0 Å². The summed E-state index contributed by atoms with van der Waals surface area (Å²) in [4.78, 5) is 22.3. The number of Topliss-reactive ketones (excluding diaryl/α,β-unsaturated/α-hetero) is 1. The number of hydrogen-bond acceptors (Lipinski definition) is 2. The molecule has 0 unspecified atom stereocenters. The number of benzene rings is 1. The Hall–Kier alpha value is -1.90. The van der Waals surface area contributed by atoms with Crippen LogP contribution in [0.4, 0.5) is 0 Å². The van der Waals surface area contributed by atoms with E-state index < -0.39 is 5.97 Å². The number of hydrogen-bond donors (Lipinski definition) is 1. The molecule has 2 rings (SSSR count). The minimum atomic E-state index is -0.980. The monoisotopic (exact) mass is 216 g/mol. The van der Waals surface area contributed by atoms with E-state index in [9.17, 15) is 9.59 Å². The molecule has 82 valence electrons. The highest BCUT2D eigenvalue weighted by Gasteiger charge is 2.23. The second kappa shape index (κ2) is 4.31. The molecule has 3 heteroatoms. The first-order valence-corrected chi connectivity index (χ1v) is 5.21. The Balaban J connectivity index is 2.47. The van der Waals surface area contributed by atoms with Gasteiger partial charge in [0.05, 0.1) is 0 Å². The van der Waals surface area contributed by atoms with E-state index in [-0.39, 0.29) is 17.8 Å². The molecule has 1 aliphatic carbocycles. The standard InChI is InChI=1S/C13H12O3/c14-10-6-7-11(12(8-10)13(15)16)9-4-2-1-3-5-9/h1-5H,6-8H2,(H,15,16). The van der Waals surface area contributed by atoms with E-state index in [1.165, 1.54) is 0 Å². The molecule has 0 aromatic heterocycles. The summed E-state index contributed by atoms with van der Waals surface area (Å²) in [7, 11) is 0. The van der Waals surface area contributed by atoms with Gasteiger partial charge in [-0.2, -0.15) is 0 Å². The number of carboxylic acids is 1. The summed E-state index contributed by atoms with van der Waals surface area (Å²) >= 11 is 0. The molecule has 1 aromatic rings. The van der Waals surface area contributed by atoms with Gasteiger partial charge in [-0.25, -0.2) is 4.79 Å². The van der Waals surface area contributed by atoms with Gasteiger partial charge in [-0.15, -0.1) is 0 Å². The number of allylic oxidation sites excluding steroid dienone is 1. The van der Waals surface area contributed by atoms with Gasteiger partial charge in [0.1, 0.15) is 5.78 Å². The number of aliphatic carboxylic acids is 1. The van der Waals surface area contributed by atoms with Crippen LogP contribution in [0.2, 0.25) is 0 Å². The zero-order chi connectivity index (χ0) is 11.5.